The molecule has 19 heavy (non-hydrogen) atoms. The van der Waals surface area contributed by atoms with Gasteiger partial charge in [0, 0.05) is 21.8 Å². The fourth-order valence-electron chi connectivity index (χ4n) is 2.00. The number of nitrogens with one attached hydrogen (secondary N) is 1. The second-order valence-electron chi connectivity index (χ2n) is 5.08. The number of halogens is 1. The zero-order chi connectivity index (χ0) is 14.0. The number of hydrogen-bond acceptors (Lipinski definition) is 2. The summed E-state index contributed by atoms with van der Waals surface area (Å²) in [6.07, 6.45) is 0.745. The Morgan fingerprint density at radius 2 is 1.89 bits per heavy atom. The van der Waals surface area contributed by atoms with Crippen LogP contribution in [0.2, 0.25) is 5.02 Å². The predicted molar refractivity (Wildman–Crippen MR) is 78.6 cm³/mol. The molecule has 1 heterocycles. The topological polar surface area (TPSA) is 45.8 Å². The Hall–Kier alpha value is -1.61. The van der Waals surface area contributed by atoms with Crippen LogP contribution in [0.1, 0.15) is 25.1 Å². The predicted octanol–water partition coefficient (Wildman–Crippen LogP) is 3.60. The van der Waals surface area contributed by atoms with E-state index in [1.54, 1.807) is 12.1 Å². The third-order valence-electron chi connectivity index (χ3n) is 2.95. The highest BCUT2D eigenvalue weighted by atomic mass is 35.5. The third kappa shape index (κ3) is 3.24. The molecule has 4 heteroatoms. The Morgan fingerprint density at radius 3 is 2.42 bits per heavy atom. The SMILES string of the molecule is Cc1nc(-c2ccc(Cl)cc2)[nH]c(=O)c1CC(C)C. The van der Waals surface area contributed by atoms with Gasteiger partial charge in [-0.05, 0) is 43.5 Å². The van der Waals surface area contributed by atoms with E-state index in [0.29, 0.717) is 16.8 Å². The number of aromatic nitrogens is 2. The molecule has 0 amide bonds. The standard InChI is InChI=1S/C15H17ClN2O/c1-9(2)8-13-10(3)17-14(18-15(13)19)11-4-6-12(16)7-5-11/h4-7,9H,8H2,1-3H3,(H,17,18,19). The summed E-state index contributed by atoms with van der Waals surface area (Å²) in [4.78, 5) is 19.5. The van der Waals surface area contributed by atoms with Crippen molar-refractivity contribution in [2.24, 2.45) is 5.92 Å². The molecule has 0 saturated heterocycles. The molecule has 0 fully saturated rings. The van der Waals surface area contributed by atoms with Crippen molar-refractivity contribution in [3.05, 3.63) is 50.9 Å². The van der Waals surface area contributed by atoms with Crippen LogP contribution in [-0.4, -0.2) is 9.97 Å². The maximum atomic E-state index is 12.1. The van der Waals surface area contributed by atoms with Crippen LogP contribution in [0, 0.1) is 12.8 Å². The molecular formula is C15H17ClN2O. The summed E-state index contributed by atoms with van der Waals surface area (Å²) in [5.41, 5.74) is 2.38. The van der Waals surface area contributed by atoms with Crippen molar-refractivity contribution in [3.8, 4) is 11.4 Å². The van der Waals surface area contributed by atoms with E-state index in [2.05, 4.69) is 23.8 Å². The van der Waals surface area contributed by atoms with Crippen LogP contribution >= 0.6 is 11.6 Å². The zero-order valence-electron chi connectivity index (χ0n) is 11.3. The van der Waals surface area contributed by atoms with Crippen LogP contribution < -0.4 is 5.56 Å². The Labute approximate surface area is 117 Å². The van der Waals surface area contributed by atoms with Gasteiger partial charge in [0.15, 0.2) is 0 Å². The number of rotatable bonds is 3. The van der Waals surface area contributed by atoms with Crippen LogP contribution in [0.5, 0.6) is 0 Å². The lowest BCUT2D eigenvalue weighted by atomic mass is 10.0. The van der Waals surface area contributed by atoms with Crippen molar-refractivity contribution in [2.75, 3.05) is 0 Å². The minimum atomic E-state index is -0.0499. The summed E-state index contributed by atoms with van der Waals surface area (Å²) in [7, 11) is 0. The summed E-state index contributed by atoms with van der Waals surface area (Å²) in [5.74, 6) is 1.02. The highest BCUT2D eigenvalue weighted by Gasteiger charge is 2.10. The number of H-pyrrole nitrogens is 1. The van der Waals surface area contributed by atoms with Crippen molar-refractivity contribution in [1.29, 1.82) is 0 Å². The van der Waals surface area contributed by atoms with E-state index in [1.807, 2.05) is 19.1 Å². The lowest BCUT2D eigenvalue weighted by molar-refractivity contribution is 0.636. The zero-order valence-corrected chi connectivity index (χ0v) is 12.1. The Morgan fingerprint density at radius 1 is 1.26 bits per heavy atom. The Kier molecular flexibility index (Phi) is 4.05. The van der Waals surface area contributed by atoms with Crippen molar-refractivity contribution < 1.29 is 0 Å². The molecule has 2 aromatic rings. The molecule has 0 bridgehead atoms. The molecule has 3 nitrogen and oxygen atoms in total. The van der Waals surface area contributed by atoms with E-state index in [9.17, 15) is 4.79 Å². The normalized spacial score (nSPS) is 11.0. The van der Waals surface area contributed by atoms with E-state index in [0.717, 1.165) is 23.2 Å². The molecule has 100 valence electrons. The first kappa shape index (κ1) is 13.8. The molecule has 0 aliphatic heterocycles. The van der Waals surface area contributed by atoms with Gasteiger partial charge in [-0.25, -0.2) is 4.98 Å². The van der Waals surface area contributed by atoms with E-state index >= 15 is 0 Å². The lowest BCUT2D eigenvalue weighted by Gasteiger charge is -2.09. The first-order valence-corrected chi connectivity index (χ1v) is 6.71. The van der Waals surface area contributed by atoms with Gasteiger partial charge in [0.25, 0.3) is 5.56 Å². The first-order chi connectivity index (χ1) is 8.97. The minimum absolute atomic E-state index is 0.0499. The molecule has 1 aromatic heterocycles. The molecule has 2 rings (SSSR count). The number of aromatic amines is 1. The van der Waals surface area contributed by atoms with Gasteiger partial charge in [-0.15, -0.1) is 0 Å². The quantitative estimate of drug-likeness (QED) is 0.931. The fraction of sp³-hybridized carbons (Fsp3) is 0.333. The molecule has 0 atom stereocenters. The summed E-state index contributed by atoms with van der Waals surface area (Å²) < 4.78 is 0. The number of aryl methyl sites for hydroxylation is 1. The second-order valence-corrected chi connectivity index (χ2v) is 5.52. The maximum absolute atomic E-state index is 12.1. The van der Waals surface area contributed by atoms with E-state index < -0.39 is 0 Å². The summed E-state index contributed by atoms with van der Waals surface area (Å²) in [5, 5.41) is 0.666. The van der Waals surface area contributed by atoms with Gasteiger partial charge < -0.3 is 4.98 Å². The van der Waals surface area contributed by atoms with Gasteiger partial charge in [-0.3, -0.25) is 4.79 Å². The number of hydrogen-bond donors (Lipinski definition) is 1. The van der Waals surface area contributed by atoms with Crippen molar-refractivity contribution in [2.45, 2.75) is 27.2 Å². The molecule has 0 unspecified atom stereocenters. The van der Waals surface area contributed by atoms with Crippen LogP contribution in [0.25, 0.3) is 11.4 Å². The van der Waals surface area contributed by atoms with E-state index in [4.69, 9.17) is 11.6 Å². The highest BCUT2D eigenvalue weighted by molar-refractivity contribution is 6.30. The summed E-state index contributed by atoms with van der Waals surface area (Å²) >= 11 is 5.85. The molecule has 1 aromatic carbocycles. The van der Waals surface area contributed by atoms with Crippen LogP contribution in [0.4, 0.5) is 0 Å². The number of nitrogens with zero attached hydrogens (tertiary/aromatic N) is 1. The maximum Gasteiger partial charge on any atom is 0.254 e. The molecule has 0 aliphatic carbocycles. The summed E-state index contributed by atoms with van der Waals surface area (Å²) in [6.45, 7) is 6.06. The molecule has 0 aliphatic rings. The number of benzene rings is 1. The van der Waals surface area contributed by atoms with Crippen LogP contribution in [0.3, 0.4) is 0 Å². The van der Waals surface area contributed by atoms with Crippen molar-refractivity contribution >= 4 is 11.6 Å². The van der Waals surface area contributed by atoms with Gasteiger partial charge in [0.1, 0.15) is 5.82 Å². The average molecular weight is 277 g/mol. The van der Waals surface area contributed by atoms with Gasteiger partial charge in [0.2, 0.25) is 0 Å². The minimum Gasteiger partial charge on any atom is -0.306 e. The second kappa shape index (κ2) is 5.57. The van der Waals surface area contributed by atoms with Gasteiger partial charge in [0.05, 0.1) is 0 Å². The summed E-state index contributed by atoms with van der Waals surface area (Å²) in [6, 6.07) is 7.27. The monoisotopic (exact) mass is 276 g/mol. The van der Waals surface area contributed by atoms with Crippen molar-refractivity contribution in [3.63, 3.8) is 0 Å². The molecular weight excluding hydrogens is 260 g/mol. The van der Waals surface area contributed by atoms with Gasteiger partial charge >= 0.3 is 0 Å². The van der Waals surface area contributed by atoms with E-state index in [1.165, 1.54) is 0 Å². The van der Waals surface area contributed by atoms with E-state index in [-0.39, 0.29) is 5.56 Å². The molecule has 1 N–H and O–H groups in total. The smallest absolute Gasteiger partial charge is 0.254 e. The largest absolute Gasteiger partial charge is 0.306 e. The van der Waals surface area contributed by atoms with Crippen molar-refractivity contribution in [1.82, 2.24) is 9.97 Å². The molecule has 0 spiro atoms. The Bertz CT molecular complexity index is 630. The van der Waals surface area contributed by atoms with Crippen LogP contribution in [0.15, 0.2) is 29.1 Å². The van der Waals surface area contributed by atoms with Gasteiger partial charge in [-0.1, -0.05) is 25.4 Å². The Balaban J connectivity index is 2.45. The van der Waals surface area contributed by atoms with Gasteiger partial charge in [-0.2, -0.15) is 0 Å². The average Bonchev–Trinajstić information content (AvgIpc) is 2.34. The van der Waals surface area contributed by atoms with Crippen LogP contribution in [-0.2, 0) is 6.42 Å². The first-order valence-electron chi connectivity index (χ1n) is 6.33. The lowest BCUT2D eigenvalue weighted by Crippen LogP contribution is -2.19. The highest BCUT2D eigenvalue weighted by Crippen LogP contribution is 2.18. The molecule has 0 radical (unpaired) electrons. The fourth-order valence-corrected chi connectivity index (χ4v) is 2.13. The third-order valence-corrected chi connectivity index (χ3v) is 3.20. The molecule has 0 saturated carbocycles.